The lowest BCUT2D eigenvalue weighted by atomic mass is 10.1. The summed E-state index contributed by atoms with van der Waals surface area (Å²) in [7, 11) is -1.81. The largest absolute Gasteiger partial charge is 0.357 e. The molecule has 132 valence electrons. The van der Waals surface area contributed by atoms with E-state index in [-0.39, 0.29) is 29.7 Å². The average molecular weight is 454 g/mol. The first kappa shape index (κ1) is 22.1. The van der Waals surface area contributed by atoms with Gasteiger partial charge in [0, 0.05) is 13.1 Å². The lowest BCUT2D eigenvalue weighted by Crippen LogP contribution is -2.37. The Hall–Kier alpha value is -0.870. The van der Waals surface area contributed by atoms with Crippen LogP contribution < -0.4 is 15.4 Å². The van der Waals surface area contributed by atoms with Crippen LogP contribution in [0.1, 0.15) is 31.4 Å². The molecule has 0 bridgehead atoms. The van der Waals surface area contributed by atoms with E-state index in [0.717, 1.165) is 36.6 Å². The van der Waals surface area contributed by atoms with E-state index in [9.17, 15) is 8.42 Å². The van der Waals surface area contributed by atoms with E-state index >= 15 is 0 Å². The highest BCUT2D eigenvalue weighted by atomic mass is 127. The number of hydrogen-bond acceptors (Lipinski definition) is 3. The number of rotatable bonds is 8. The Morgan fingerprint density at radius 2 is 1.70 bits per heavy atom. The zero-order valence-electron chi connectivity index (χ0n) is 13.9. The van der Waals surface area contributed by atoms with E-state index in [2.05, 4.69) is 27.3 Å². The second kappa shape index (κ2) is 11.6. The number of benzene rings is 1. The molecule has 0 aliphatic rings. The van der Waals surface area contributed by atoms with Crippen LogP contribution in [0.3, 0.4) is 0 Å². The molecule has 0 heterocycles. The standard InChI is InChI=1S/C15H26N4O2S.HI/c1-4-10-18-15(17-5-2)19-11-13-6-8-14(9-7-13)12-22(20,21)16-3;/h6-9,16H,4-5,10-12H2,1-3H3,(H2,17,18,19);1H. The number of aliphatic imine (C=N–C) groups is 1. The van der Waals surface area contributed by atoms with E-state index < -0.39 is 10.0 Å². The molecule has 0 fully saturated rings. The Morgan fingerprint density at radius 3 is 2.22 bits per heavy atom. The summed E-state index contributed by atoms with van der Waals surface area (Å²) in [6.07, 6.45) is 1.04. The molecule has 1 aromatic carbocycles. The van der Waals surface area contributed by atoms with E-state index in [1.165, 1.54) is 7.05 Å². The highest BCUT2D eigenvalue weighted by Gasteiger charge is 2.08. The Labute approximate surface area is 156 Å². The summed E-state index contributed by atoms with van der Waals surface area (Å²) in [5.74, 6) is 0.791. The van der Waals surface area contributed by atoms with Crippen LogP contribution in [0.25, 0.3) is 0 Å². The third kappa shape index (κ3) is 9.11. The lowest BCUT2D eigenvalue weighted by molar-refractivity contribution is 0.587. The van der Waals surface area contributed by atoms with Gasteiger partial charge in [0.25, 0.3) is 0 Å². The quantitative estimate of drug-likeness (QED) is 0.318. The predicted molar refractivity (Wildman–Crippen MR) is 107 cm³/mol. The van der Waals surface area contributed by atoms with Crippen molar-refractivity contribution in [2.45, 2.75) is 32.6 Å². The van der Waals surface area contributed by atoms with E-state index in [1.807, 2.05) is 31.2 Å². The Kier molecular flexibility index (Phi) is 11.2. The molecule has 3 N–H and O–H groups in total. The van der Waals surface area contributed by atoms with Crippen LogP contribution in [-0.4, -0.2) is 34.5 Å². The molecule has 0 saturated heterocycles. The molecule has 0 unspecified atom stereocenters. The maximum atomic E-state index is 11.5. The average Bonchev–Trinajstić information content (AvgIpc) is 2.51. The van der Waals surface area contributed by atoms with Gasteiger partial charge in [0.2, 0.25) is 10.0 Å². The third-order valence-electron chi connectivity index (χ3n) is 3.00. The van der Waals surface area contributed by atoms with Gasteiger partial charge in [0.05, 0.1) is 12.3 Å². The van der Waals surface area contributed by atoms with Gasteiger partial charge >= 0.3 is 0 Å². The van der Waals surface area contributed by atoms with Crippen LogP contribution >= 0.6 is 24.0 Å². The smallest absolute Gasteiger partial charge is 0.215 e. The number of halogens is 1. The molecule has 0 aliphatic carbocycles. The van der Waals surface area contributed by atoms with Crippen molar-refractivity contribution in [2.75, 3.05) is 20.1 Å². The normalized spacial score (nSPS) is 11.7. The van der Waals surface area contributed by atoms with Crippen LogP contribution in [0.4, 0.5) is 0 Å². The SMILES string of the molecule is CCCNC(=NCc1ccc(CS(=O)(=O)NC)cc1)NCC.I. The molecule has 0 atom stereocenters. The second-order valence-corrected chi connectivity index (χ2v) is 6.83. The van der Waals surface area contributed by atoms with Gasteiger partial charge in [-0.05, 0) is 31.5 Å². The van der Waals surface area contributed by atoms with Crippen LogP contribution in [0.15, 0.2) is 29.3 Å². The molecule has 0 aromatic heterocycles. The molecule has 1 rings (SSSR count). The van der Waals surface area contributed by atoms with Crippen molar-refractivity contribution >= 4 is 40.0 Å². The number of hydrogen-bond donors (Lipinski definition) is 3. The van der Waals surface area contributed by atoms with Gasteiger partial charge in [0.1, 0.15) is 0 Å². The molecule has 1 aromatic rings. The molecule has 0 spiro atoms. The van der Waals surface area contributed by atoms with Crippen LogP contribution in [0, 0.1) is 0 Å². The predicted octanol–water partition coefficient (Wildman–Crippen LogP) is 1.82. The minimum absolute atomic E-state index is 0. The fraction of sp³-hybridized carbons (Fsp3) is 0.533. The van der Waals surface area contributed by atoms with Crippen molar-refractivity contribution in [2.24, 2.45) is 4.99 Å². The zero-order valence-corrected chi connectivity index (χ0v) is 17.1. The fourth-order valence-electron chi connectivity index (χ4n) is 1.79. The van der Waals surface area contributed by atoms with Crippen molar-refractivity contribution in [3.63, 3.8) is 0 Å². The van der Waals surface area contributed by atoms with Gasteiger partial charge < -0.3 is 10.6 Å². The molecule has 6 nitrogen and oxygen atoms in total. The summed E-state index contributed by atoms with van der Waals surface area (Å²) in [6, 6.07) is 7.47. The molecular formula is C15H27IN4O2S. The van der Waals surface area contributed by atoms with Crippen molar-refractivity contribution in [1.29, 1.82) is 0 Å². The van der Waals surface area contributed by atoms with Crippen molar-refractivity contribution in [1.82, 2.24) is 15.4 Å². The minimum Gasteiger partial charge on any atom is -0.357 e. The van der Waals surface area contributed by atoms with E-state index in [4.69, 9.17) is 0 Å². The third-order valence-corrected chi connectivity index (χ3v) is 4.33. The Morgan fingerprint density at radius 1 is 1.09 bits per heavy atom. The summed E-state index contributed by atoms with van der Waals surface area (Å²) in [6.45, 7) is 6.38. The van der Waals surface area contributed by atoms with Gasteiger partial charge in [-0.15, -0.1) is 24.0 Å². The van der Waals surface area contributed by atoms with Crippen LogP contribution in [0.2, 0.25) is 0 Å². The van der Waals surface area contributed by atoms with E-state index in [0.29, 0.717) is 6.54 Å². The first-order valence-corrected chi connectivity index (χ1v) is 9.17. The molecule has 0 saturated carbocycles. The highest BCUT2D eigenvalue weighted by molar-refractivity contribution is 14.0. The zero-order chi connectivity index (χ0) is 16.4. The number of sulfonamides is 1. The van der Waals surface area contributed by atoms with Gasteiger partial charge in [-0.3, -0.25) is 0 Å². The first-order valence-electron chi connectivity index (χ1n) is 7.52. The summed E-state index contributed by atoms with van der Waals surface area (Å²) < 4.78 is 25.3. The minimum atomic E-state index is -3.23. The maximum absolute atomic E-state index is 11.5. The monoisotopic (exact) mass is 454 g/mol. The molecule has 8 heteroatoms. The number of nitrogens with one attached hydrogen (secondary N) is 3. The van der Waals surface area contributed by atoms with Gasteiger partial charge in [-0.1, -0.05) is 31.2 Å². The Balaban J connectivity index is 0.00000484. The molecular weight excluding hydrogens is 427 g/mol. The van der Waals surface area contributed by atoms with Gasteiger partial charge in [-0.25, -0.2) is 18.1 Å². The lowest BCUT2D eigenvalue weighted by Gasteiger charge is -2.10. The molecule has 0 amide bonds. The van der Waals surface area contributed by atoms with Crippen molar-refractivity contribution in [3.05, 3.63) is 35.4 Å². The summed E-state index contributed by atoms with van der Waals surface area (Å²) >= 11 is 0. The highest BCUT2D eigenvalue weighted by Crippen LogP contribution is 2.08. The van der Waals surface area contributed by atoms with Gasteiger partial charge in [0.15, 0.2) is 5.96 Å². The van der Waals surface area contributed by atoms with Crippen LogP contribution in [-0.2, 0) is 22.3 Å². The second-order valence-electron chi connectivity index (χ2n) is 4.90. The van der Waals surface area contributed by atoms with Crippen LogP contribution in [0.5, 0.6) is 0 Å². The van der Waals surface area contributed by atoms with E-state index in [1.54, 1.807) is 0 Å². The topological polar surface area (TPSA) is 82.6 Å². The molecule has 23 heavy (non-hydrogen) atoms. The summed E-state index contributed by atoms with van der Waals surface area (Å²) in [5.41, 5.74) is 1.80. The molecule has 0 aliphatic heterocycles. The number of guanidine groups is 1. The molecule has 0 radical (unpaired) electrons. The summed E-state index contributed by atoms with van der Waals surface area (Å²) in [4.78, 5) is 4.51. The van der Waals surface area contributed by atoms with Crippen molar-refractivity contribution in [3.8, 4) is 0 Å². The van der Waals surface area contributed by atoms with Crippen molar-refractivity contribution < 1.29 is 8.42 Å². The van der Waals surface area contributed by atoms with Gasteiger partial charge in [-0.2, -0.15) is 0 Å². The number of nitrogens with zero attached hydrogens (tertiary/aromatic N) is 1. The summed E-state index contributed by atoms with van der Waals surface area (Å²) in [5, 5.41) is 6.43. The first-order chi connectivity index (χ1) is 10.5. The maximum Gasteiger partial charge on any atom is 0.215 e. The Bertz CT molecular complexity index is 574. The fourth-order valence-corrected chi connectivity index (χ4v) is 2.56.